The fourth-order valence-corrected chi connectivity index (χ4v) is 5.05. The molecule has 1 aliphatic heterocycles. The fraction of sp³-hybridized carbons (Fsp3) is 0.292. The van der Waals surface area contributed by atoms with Crippen LogP contribution in [0.5, 0.6) is 0 Å². The van der Waals surface area contributed by atoms with E-state index in [0.29, 0.717) is 17.2 Å². The predicted octanol–water partition coefficient (Wildman–Crippen LogP) is 4.71. The summed E-state index contributed by atoms with van der Waals surface area (Å²) in [6.07, 6.45) is 4.28. The first-order valence-electron chi connectivity index (χ1n) is 10.6. The second kappa shape index (κ2) is 8.15. The van der Waals surface area contributed by atoms with Crippen molar-refractivity contribution >= 4 is 34.6 Å². The number of carbonyl (C=O) groups is 2. The minimum Gasteiger partial charge on any atom is -0.455 e. The van der Waals surface area contributed by atoms with Crippen LogP contribution in [0, 0.1) is 6.92 Å². The van der Waals surface area contributed by atoms with Crippen molar-refractivity contribution in [3.8, 4) is 0 Å². The maximum Gasteiger partial charge on any atom is 0.294 e. The number of hydrogen-bond acceptors (Lipinski definition) is 5. The van der Waals surface area contributed by atoms with Crippen LogP contribution >= 0.6 is 11.3 Å². The van der Waals surface area contributed by atoms with Gasteiger partial charge < -0.3 is 9.32 Å². The molecule has 0 saturated carbocycles. The van der Waals surface area contributed by atoms with Crippen molar-refractivity contribution in [1.29, 1.82) is 0 Å². The molecular weight excluding hydrogens is 410 g/mol. The number of fused-ring (bicyclic) bond motifs is 2. The van der Waals surface area contributed by atoms with Crippen LogP contribution in [0.4, 0.5) is 5.69 Å². The first kappa shape index (κ1) is 19.8. The summed E-state index contributed by atoms with van der Waals surface area (Å²) in [4.78, 5) is 28.2. The molecule has 158 valence electrons. The summed E-state index contributed by atoms with van der Waals surface area (Å²) in [5.74, 6) is 0.820. The average Bonchev–Trinajstić information content (AvgIpc) is 3.45. The largest absolute Gasteiger partial charge is 0.455 e. The van der Waals surface area contributed by atoms with Gasteiger partial charge in [-0.3, -0.25) is 9.59 Å². The number of carbonyl (C=O) groups excluding carboxylic acids is 2. The van der Waals surface area contributed by atoms with E-state index in [-0.39, 0.29) is 11.8 Å². The van der Waals surface area contributed by atoms with Gasteiger partial charge in [-0.05, 0) is 55.7 Å². The number of amides is 2. The molecule has 5 rings (SSSR count). The van der Waals surface area contributed by atoms with Crippen molar-refractivity contribution in [3.05, 3.63) is 74.9 Å². The molecule has 1 N–H and O–H groups in total. The lowest BCUT2D eigenvalue weighted by molar-refractivity contribution is 0.0950. The van der Waals surface area contributed by atoms with Crippen molar-refractivity contribution in [2.45, 2.75) is 39.0 Å². The molecule has 0 fully saturated rings. The van der Waals surface area contributed by atoms with E-state index < -0.39 is 0 Å². The Morgan fingerprint density at radius 1 is 1.10 bits per heavy atom. The summed E-state index contributed by atoms with van der Waals surface area (Å²) < 4.78 is 6.09. The lowest BCUT2D eigenvalue weighted by atomic mass is 9.93. The predicted molar refractivity (Wildman–Crippen MR) is 121 cm³/mol. The molecule has 0 unspecified atom stereocenters. The van der Waals surface area contributed by atoms with E-state index >= 15 is 0 Å². The monoisotopic (exact) mass is 433 g/mol. The molecule has 7 heteroatoms. The van der Waals surface area contributed by atoms with Crippen molar-refractivity contribution in [1.82, 2.24) is 5.43 Å². The maximum atomic E-state index is 13.5. The second-order valence-corrected chi connectivity index (χ2v) is 8.82. The zero-order chi connectivity index (χ0) is 21.4. The summed E-state index contributed by atoms with van der Waals surface area (Å²) in [7, 11) is 0. The highest BCUT2D eigenvalue weighted by Gasteiger charge is 2.32. The Morgan fingerprint density at radius 3 is 2.81 bits per heavy atom. The Morgan fingerprint density at radius 2 is 1.97 bits per heavy atom. The van der Waals surface area contributed by atoms with Gasteiger partial charge in [0, 0.05) is 29.8 Å². The van der Waals surface area contributed by atoms with E-state index in [1.54, 1.807) is 6.07 Å². The van der Waals surface area contributed by atoms with E-state index in [9.17, 15) is 9.59 Å². The number of anilines is 1. The number of furan rings is 1. The van der Waals surface area contributed by atoms with E-state index in [1.807, 2.05) is 41.5 Å². The van der Waals surface area contributed by atoms with Crippen molar-refractivity contribution in [2.75, 3.05) is 11.4 Å². The van der Waals surface area contributed by atoms with Crippen LogP contribution in [-0.2, 0) is 12.8 Å². The van der Waals surface area contributed by atoms with E-state index in [2.05, 4.69) is 16.6 Å². The van der Waals surface area contributed by atoms with Crippen LogP contribution in [0.1, 0.15) is 61.9 Å². The van der Waals surface area contributed by atoms with Crippen LogP contribution < -0.4 is 10.3 Å². The number of para-hydroxylation sites is 1. The van der Waals surface area contributed by atoms with E-state index in [4.69, 9.17) is 4.42 Å². The zero-order valence-corrected chi connectivity index (χ0v) is 18.1. The van der Waals surface area contributed by atoms with Gasteiger partial charge in [-0.1, -0.05) is 24.3 Å². The normalized spacial score (nSPS) is 16.7. The molecule has 0 radical (unpaired) electrons. The number of nitrogens with one attached hydrogen (secondary N) is 1. The van der Waals surface area contributed by atoms with Gasteiger partial charge in [0.1, 0.15) is 5.76 Å². The van der Waals surface area contributed by atoms with Crippen LogP contribution in [0.15, 0.2) is 51.3 Å². The number of hydrogen-bond donors (Lipinski definition) is 1. The second-order valence-electron chi connectivity index (χ2n) is 7.87. The van der Waals surface area contributed by atoms with Gasteiger partial charge in [-0.2, -0.15) is 5.10 Å². The number of hydrazone groups is 1. The summed E-state index contributed by atoms with van der Waals surface area (Å²) in [6, 6.07) is 11.7. The molecule has 2 amide bonds. The molecule has 3 aromatic rings. The molecule has 2 aliphatic rings. The standard InChI is InChI=1S/C24H23N3O3S/c1-15-21-17(25-26-23(28)20-12-6-14-31-20)9-4-11-19(21)30-22(15)24(29)27-13-5-8-16-7-2-3-10-18(16)27/h2-3,6-7,10,12,14H,4-5,8-9,11,13H2,1H3,(H,26,28)/b25-17+. The molecule has 0 bridgehead atoms. The Bertz CT molecular complexity index is 1180. The van der Waals surface area contributed by atoms with Crippen LogP contribution in [0.25, 0.3) is 0 Å². The van der Waals surface area contributed by atoms with Crippen LogP contribution in [-0.4, -0.2) is 24.1 Å². The molecular formula is C24H23N3O3S. The molecule has 31 heavy (non-hydrogen) atoms. The molecule has 3 heterocycles. The first-order valence-corrected chi connectivity index (χ1v) is 11.4. The third-order valence-corrected chi connectivity index (χ3v) is 6.78. The molecule has 0 saturated heterocycles. The van der Waals surface area contributed by atoms with Crippen LogP contribution in [0.2, 0.25) is 0 Å². The molecule has 0 spiro atoms. The fourth-order valence-electron chi connectivity index (χ4n) is 4.43. The first-order chi connectivity index (χ1) is 15.1. The molecule has 0 atom stereocenters. The molecule has 1 aromatic carbocycles. The van der Waals surface area contributed by atoms with Crippen LogP contribution in [0.3, 0.4) is 0 Å². The highest BCUT2D eigenvalue weighted by atomic mass is 32.1. The Hall–Kier alpha value is -3.19. The lowest BCUT2D eigenvalue weighted by Gasteiger charge is -2.28. The summed E-state index contributed by atoms with van der Waals surface area (Å²) in [5, 5.41) is 6.26. The third kappa shape index (κ3) is 3.59. The van der Waals surface area contributed by atoms with Gasteiger partial charge in [0.2, 0.25) is 0 Å². The van der Waals surface area contributed by atoms with E-state index in [0.717, 1.165) is 60.4 Å². The summed E-state index contributed by atoms with van der Waals surface area (Å²) in [6.45, 7) is 2.59. The Balaban J connectivity index is 1.45. The topological polar surface area (TPSA) is 74.9 Å². The Labute approximate surface area is 184 Å². The van der Waals surface area contributed by atoms with Gasteiger partial charge in [-0.15, -0.1) is 11.3 Å². The highest BCUT2D eigenvalue weighted by Crippen LogP contribution is 2.33. The SMILES string of the molecule is Cc1c(C(=O)N2CCCc3ccccc32)oc2c1/C(=N/NC(=O)c1cccs1)CCC2. The number of nitrogens with zero attached hydrogens (tertiary/aromatic N) is 2. The maximum absolute atomic E-state index is 13.5. The molecule has 1 aliphatic carbocycles. The van der Waals surface area contributed by atoms with Gasteiger partial charge >= 0.3 is 0 Å². The third-order valence-electron chi connectivity index (χ3n) is 5.91. The highest BCUT2D eigenvalue weighted by molar-refractivity contribution is 7.12. The minimum absolute atomic E-state index is 0.110. The smallest absolute Gasteiger partial charge is 0.294 e. The summed E-state index contributed by atoms with van der Waals surface area (Å²) >= 11 is 1.37. The van der Waals surface area contributed by atoms with Crippen molar-refractivity contribution < 1.29 is 14.0 Å². The molecule has 2 aromatic heterocycles. The number of thiophene rings is 1. The van der Waals surface area contributed by atoms with Crippen molar-refractivity contribution in [2.24, 2.45) is 5.10 Å². The van der Waals surface area contributed by atoms with Gasteiger partial charge in [0.15, 0.2) is 5.76 Å². The quantitative estimate of drug-likeness (QED) is 0.608. The minimum atomic E-state index is -0.225. The number of benzene rings is 1. The lowest BCUT2D eigenvalue weighted by Crippen LogP contribution is -2.35. The van der Waals surface area contributed by atoms with Gasteiger partial charge in [0.05, 0.1) is 10.6 Å². The van der Waals surface area contributed by atoms with Gasteiger partial charge in [-0.25, -0.2) is 5.43 Å². The molecule has 6 nitrogen and oxygen atoms in total. The zero-order valence-electron chi connectivity index (χ0n) is 17.3. The summed E-state index contributed by atoms with van der Waals surface area (Å²) in [5.41, 5.74) is 7.25. The Kier molecular flexibility index (Phi) is 5.19. The van der Waals surface area contributed by atoms with Crippen molar-refractivity contribution in [3.63, 3.8) is 0 Å². The van der Waals surface area contributed by atoms with Gasteiger partial charge in [0.25, 0.3) is 11.8 Å². The number of aryl methyl sites for hydroxylation is 2. The number of rotatable bonds is 3. The average molecular weight is 434 g/mol. The van der Waals surface area contributed by atoms with E-state index in [1.165, 1.54) is 16.9 Å².